The van der Waals surface area contributed by atoms with Gasteiger partial charge in [-0.2, -0.15) is 0 Å². The molecule has 1 saturated heterocycles. The fourth-order valence-electron chi connectivity index (χ4n) is 4.03. The van der Waals surface area contributed by atoms with Gasteiger partial charge in [0.1, 0.15) is 16.1 Å². The SMILES string of the molecule is CC1(C)[C@H](CNC(=O)[C@@H]2CC(I)CN2C(=O)CNc2ccccc2C(=N)C(N)=O)C1(Cl)Cl. The Kier molecular flexibility index (Phi) is 7.31. The summed E-state index contributed by atoms with van der Waals surface area (Å²) >= 11 is 14.8. The molecule has 1 aromatic carbocycles. The topological polar surface area (TPSA) is 128 Å². The van der Waals surface area contributed by atoms with Crippen molar-refractivity contribution in [2.75, 3.05) is 25.0 Å². The van der Waals surface area contributed by atoms with Crippen LogP contribution >= 0.6 is 45.8 Å². The van der Waals surface area contributed by atoms with E-state index in [1.165, 1.54) is 0 Å². The average molecular weight is 594 g/mol. The quantitative estimate of drug-likeness (QED) is 0.209. The Morgan fingerprint density at radius 1 is 1.28 bits per heavy atom. The van der Waals surface area contributed by atoms with Gasteiger partial charge in [-0.15, -0.1) is 23.2 Å². The number of alkyl halides is 3. The van der Waals surface area contributed by atoms with Crippen molar-refractivity contribution in [3.05, 3.63) is 29.8 Å². The number of nitrogens with zero attached hydrogens (tertiary/aromatic N) is 1. The Bertz CT molecular complexity index is 941. The highest BCUT2D eigenvalue weighted by molar-refractivity contribution is 14.1. The Balaban J connectivity index is 1.62. The molecule has 1 heterocycles. The van der Waals surface area contributed by atoms with E-state index in [-0.39, 0.29) is 39.3 Å². The zero-order valence-electron chi connectivity index (χ0n) is 17.8. The van der Waals surface area contributed by atoms with Crippen LogP contribution in [0.3, 0.4) is 0 Å². The monoisotopic (exact) mass is 593 g/mol. The Hall–Kier alpha value is -1.59. The molecule has 1 saturated carbocycles. The van der Waals surface area contributed by atoms with Crippen molar-refractivity contribution < 1.29 is 14.4 Å². The molecule has 0 aromatic heterocycles. The van der Waals surface area contributed by atoms with Gasteiger partial charge >= 0.3 is 0 Å². The number of anilines is 1. The van der Waals surface area contributed by atoms with Crippen LogP contribution in [0.2, 0.25) is 0 Å². The molecule has 1 aromatic rings. The molecule has 2 aliphatic rings. The summed E-state index contributed by atoms with van der Waals surface area (Å²) in [7, 11) is 0. The van der Waals surface area contributed by atoms with Gasteiger partial charge in [-0.25, -0.2) is 0 Å². The van der Waals surface area contributed by atoms with Crippen LogP contribution in [0.4, 0.5) is 5.69 Å². The van der Waals surface area contributed by atoms with Gasteiger partial charge in [0.25, 0.3) is 5.91 Å². The van der Waals surface area contributed by atoms with E-state index < -0.39 is 16.3 Å². The van der Waals surface area contributed by atoms with E-state index in [9.17, 15) is 14.4 Å². The largest absolute Gasteiger partial charge is 0.376 e. The summed E-state index contributed by atoms with van der Waals surface area (Å²) in [6.45, 7) is 4.64. The number of hydrogen-bond donors (Lipinski definition) is 4. The number of hydrogen-bond acceptors (Lipinski definition) is 5. The standard InChI is InChI=1S/C21H26Cl2IN5O3/c1-20(2)15(21(20,22)23)8-28-19(32)14-7-11(24)10-29(14)16(30)9-27-13-6-4-3-5-12(13)17(25)18(26)31/h3-6,11,14-15,25,27H,7-10H2,1-2H3,(H2,26,31)(H,28,32)/t11?,14-,15-/m0/s1. The molecular weight excluding hydrogens is 568 g/mol. The second kappa shape index (κ2) is 9.34. The van der Waals surface area contributed by atoms with Crippen molar-refractivity contribution in [2.24, 2.45) is 17.1 Å². The fraction of sp³-hybridized carbons (Fsp3) is 0.524. The van der Waals surface area contributed by atoms with Crippen LogP contribution in [0.5, 0.6) is 0 Å². The Morgan fingerprint density at radius 3 is 2.50 bits per heavy atom. The van der Waals surface area contributed by atoms with Gasteiger partial charge < -0.3 is 21.3 Å². The van der Waals surface area contributed by atoms with Gasteiger partial charge in [-0.3, -0.25) is 19.8 Å². The maximum Gasteiger partial charge on any atom is 0.267 e. The third-order valence-electron chi connectivity index (χ3n) is 6.31. The van der Waals surface area contributed by atoms with Crippen molar-refractivity contribution >= 4 is 74.9 Å². The molecule has 0 spiro atoms. The molecule has 32 heavy (non-hydrogen) atoms. The molecule has 3 rings (SSSR count). The molecule has 1 unspecified atom stereocenters. The minimum atomic E-state index is -0.868. The van der Waals surface area contributed by atoms with E-state index in [0.717, 1.165) is 0 Å². The molecule has 1 aliphatic heterocycles. The number of carbonyl (C=O) groups excluding carboxylic acids is 3. The van der Waals surface area contributed by atoms with Crippen LogP contribution in [0, 0.1) is 16.7 Å². The van der Waals surface area contributed by atoms with Crippen LogP contribution in [0.25, 0.3) is 0 Å². The Labute approximate surface area is 210 Å². The van der Waals surface area contributed by atoms with Crippen molar-refractivity contribution in [3.8, 4) is 0 Å². The van der Waals surface area contributed by atoms with E-state index >= 15 is 0 Å². The fourth-order valence-corrected chi connectivity index (χ4v) is 5.79. The van der Waals surface area contributed by atoms with Gasteiger partial charge in [0.05, 0.1) is 6.54 Å². The number of likely N-dealkylation sites (tertiary alicyclic amines) is 1. The van der Waals surface area contributed by atoms with Crippen molar-refractivity contribution in [1.29, 1.82) is 5.41 Å². The molecular formula is C21H26Cl2IN5O3. The number of halogens is 3. The first-order valence-electron chi connectivity index (χ1n) is 10.2. The molecule has 3 atom stereocenters. The third kappa shape index (κ3) is 4.84. The van der Waals surface area contributed by atoms with Crippen molar-refractivity contribution in [3.63, 3.8) is 0 Å². The third-order valence-corrected chi connectivity index (χ3v) is 8.71. The van der Waals surface area contributed by atoms with Gasteiger partial charge in [0.2, 0.25) is 11.8 Å². The smallest absolute Gasteiger partial charge is 0.267 e. The predicted octanol–water partition coefficient (Wildman–Crippen LogP) is 2.30. The number of primary amides is 1. The number of nitrogens with one attached hydrogen (secondary N) is 3. The van der Waals surface area contributed by atoms with E-state index in [1.54, 1.807) is 29.2 Å². The summed E-state index contributed by atoms with van der Waals surface area (Å²) in [5, 5.41) is 13.7. The first-order valence-corrected chi connectivity index (χ1v) is 12.2. The lowest BCUT2D eigenvalue weighted by Crippen LogP contribution is -2.48. The maximum absolute atomic E-state index is 12.9. The first-order chi connectivity index (χ1) is 14.9. The second-order valence-corrected chi connectivity index (χ2v) is 11.8. The van der Waals surface area contributed by atoms with E-state index in [4.69, 9.17) is 34.3 Å². The van der Waals surface area contributed by atoms with Crippen LogP contribution < -0.4 is 16.4 Å². The zero-order valence-corrected chi connectivity index (χ0v) is 21.4. The van der Waals surface area contributed by atoms with Crippen LogP contribution in [-0.4, -0.2) is 62.3 Å². The zero-order chi connectivity index (χ0) is 23.8. The van der Waals surface area contributed by atoms with Crippen LogP contribution in [-0.2, 0) is 14.4 Å². The van der Waals surface area contributed by atoms with E-state index in [2.05, 4.69) is 33.2 Å². The van der Waals surface area contributed by atoms with Crippen LogP contribution in [0.1, 0.15) is 25.8 Å². The molecule has 11 heteroatoms. The molecule has 1 aliphatic carbocycles. The normalized spacial score (nSPS) is 25.2. The number of carbonyl (C=O) groups is 3. The number of benzene rings is 1. The van der Waals surface area contributed by atoms with Crippen molar-refractivity contribution in [1.82, 2.24) is 10.2 Å². The maximum atomic E-state index is 12.9. The minimum absolute atomic E-state index is 0.0537. The second-order valence-electron chi connectivity index (χ2n) is 8.68. The van der Waals surface area contributed by atoms with E-state index in [0.29, 0.717) is 30.8 Å². The number of amides is 3. The summed E-state index contributed by atoms with van der Waals surface area (Å²) in [6.07, 6.45) is 0.558. The van der Waals surface area contributed by atoms with Gasteiger partial charge in [-0.05, 0) is 12.5 Å². The highest BCUT2D eigenvalue weighted by atomic mass is 127. The highest BCUT2D eigenvalue weighted by Crippen LogP contribution is 2.68. The summed E-state index contributed by atoms with van der Waals surface area (Å²) < 4.78 is -0.715. The lowest BCUT2D eigenvalue weighted by molar-refractivity contribution is -0.137. The van der Waals surface area contributed by atoms with Crippen molar-refractivity contribution in [2.45, 2.75) is 34.6 Å². The molecule has 0 radical (unpaired) electrons. The van der Waals surface area contributed by atoms with Gasteiger partial charge in [0, 0.05) is 39.6 Å². The average Bonchev–Trinajstić information content (AvgIpc) is 2.99. The molecule has 2 fully saturated rings. The highest BCUT2D eigenvalue weighted by Gasteiger charge is 2.69. The lowest BCUT2D eigenvalue weighted by Gasteiger charge is -2.24. The number of nitrogens with two attached hydrogens (primary N) is 1. The summed E-state index contributed by atoms with van der Waals surface area (Å²) in [6, 6.07) is 6.08. The lowest BCUT2D eigenvalue weighted by atomic mass is 10.1. The molecule has 5 N–H and O–H groups in total. The molecule has 3 amide bonds. The molecule has 8 nitrogen and oxygen atoms in total. The first kappa shape index (κ1) is 25.0. The number of para-hydroxylation sites is 1. The predicted molar refractivity (Wildman–Crippen MR) is 134 cm³/mol. The van der Waals surface area contributed by atoms with Gasteiger partial charge in [-0.1, -0.05) is 54.6 Å². The summed E-state index contributed by atoms with van der Waals surface area (Å²) in [5.74, 6) is -1.38. The van der Waals surface area contributed by atoms with Crippen LogP contribution in [0.15, 0.2) is 24.3 Å². The molecule has 0 bridgehead atoms. The number of rotatable bonds is 8. The Morgan fingerprint density at radius 2 is 1.91 bits per heavy atom. The van der Waals surface area contributed by atoms with E-state index in [1.807, 2.05) is 13.8 Å². The summed E-state index contributed by atoms with van der Waals surface area (Å²) in [4.78, 5) is 38.7. The summed E-state index contributed by atoms with van der Waals surface area (Å²) in [5.41, 5.74) is 5.36. The van der Waals surface area contributed by atoms with Gasteiger partial charge in [0.15, 0.2) is 0 Å². The minimum Gasteiger partial charge on any atom is -0.376 e. The molecule has 174 valence electrons.